The average molecular weight is 405 g/mol. The van der Waals surface area contributed by atoms with E-state index in [-0.39, 0.29) is 25.2 Å². The van der Waals surface area contributed by atoms with E-state index >= 15 is 0 Å². The lowest BCUT2D eigenvalue weighted by Gasteiger charge is -2.13. The molecule has 29 heavy (non-hydrogen) atoms. The maximum absolute atomic E-state index is 12.8. The Morgan fingerprint density at radius 2 is 1.76 bits per heavy atom. The molecule has 152 valence electrons. The van der Waals surface area contributed by atoms with E-state index < -0.39 is 28.9 Å². The Bertz CT molecular complexity index is 1180. The standard InChI is InChI=1S/C20H18F3N3O3/c1-2-25-18(28)15-8-3-4-9-16(15)26(19(25)29)12-17(27)24-11-13-6-5-7-14(10-13)20(21,22)23/h3-10H,2,11-12H2,1H3,(H,24,27). The van der Waals surface area contributed by atoms with E-state index in [1.165, 1.54) is 16.7 Å². The summed E-state index contributed by atoms with van der Waals surface area (Å²) in [6.07, 6.45) is -4.47. The van der Waals surface area contributed by atoms with Crippen molar-refractivity contribution in [3.63, 3.8) is 0 Å². The number of amides is 1. The van der Waals surface area contributed by atoms with Gasteiger partial charge in [0.1, 0.15) is 6.54 Å². The number of carbonyl (C=O) groups is 1. The van der Waals surface area contributed by atoms with E-state index in [1.54, 1.807) is 31.2 Å². The van der Waals surface area contributed by atoms with Crippen LogP contribution in [-0.2, 0) is 30.6 Å². The fraction of sp³-hybridized carbons (Fsp3) is 0.250. The summed E-state index contributed by atoms with van der Waals surface area (Å²) in [5.74, 6) is -0.559. The van der Waals surface area contributed by atoms with Crippen molar-refractivity contribution in [2.45, 2.75) is 32.7 Å². The minimum atomic E-state index is -4.47. The Morgan fingerprint density at radius 1 is 1.03 bits per heavy atom. The van der Waals surface area contributed by atoms with Gasteiger partial charge in [-0.15, -0.1) is 0 Å². The molecule has 1 amide bonds. The van der Waals surface area contributed by atoms with Crippen molar-refractivity contribution in [1.82, 2.24) is 14.5 Å². The zero-order chi connectivity index (χ0) is 21.2. The average Bonchev–Trinajstić information content (AvgIpc) is 2.69. The molecule has 3 rings (SSSR count). The highest BCUT2D eigenvalue weighted by atomic mass is 19.4. The van der Waals surface area contributed by atoms with Crippen molar-refractivity contribution in [2.24, 2.45) is 0 Å². The summed E-state index contributed by atoms with van der Waals surface area (Å²) in [6, 6.07) is 11.1. The van der Waals surface area contributed by atoms with Crippen LogP contribution < -0.4 is 16.6 Å². The first-order chi connectivity index (χ1) is 13.7. The lowest BCUT2D eigenvalue weighted by atomic mass is 10.1. The van der Waals surface area contributed by atoms with Crippen LogP contribution in [0.5, 0.6) is 0 Å². The molecule has 0 fully saturated rings. The Hall–Kier alpha value is -3.36. The number of nitrogens with zero attached hydrogens (tertiary/aromatic N) is 2. The van der Waals surface area contributed by atoms with Gasteiger partial charge in [0.25, 0.3) is 5.56 Å². The van der Waals surface area contributed by atoms with E-state index in [9.17, 15) is 27.6 Å². The predicted molar refractivity (Wildman–Crippen MR) is 101 cm³/mol. The molecular formula is C20H18F3N3O3. The highest BCUT2D eigenvalue weighted by Crippen LogP contribution is 2.29. The molecule has 0 saturated carbocycles. The van der Waals surface area contributed by atoms with Gasteiger partial charge >= 0.3 is 11.9 Å². The van der Waals surface area contributed by atoms with Gasteiger partial charge in [0, 0.05) is 13.1 Å². The van der Waals surface area contributed by atoms with Crippen LogP contribution in [0.2, 0.25) is 0 Å². The van der Waals surface area contributed by atoms with Crippen molar-refractivity contribution in [2.75, 3.05) is 0 Å². The third-order valence-electron chi connectivity index (χ3n) is 4.49. The molecule has 0 aliphatic rings. The molecule has 1 N–H and O–H groups in total. The van der Waals surface area contributed by atoms with Crippen LogP contribution in [0, 0.1) is 0 Å². The Balaban J connectivity index is 1.84. The lowest BCUT2D eigenvalue weighted by molar-refractivity contribution is -0.137. The third kappa shape index (κ3) is 4.23. The largest absolute Gasteiger partial charge is 0.416 e. The van der Waals surface area contributed by atoms with Crippen molar-refractivity contribution >= 4 is 16.8 Å². The molecule has 0 saturated heterocycles. The van der Waals surface area contributed by atoms with Crippen molar-refractivity contribution in [3.8, 4) is 0 Å². The van der Waals surface area contributed by atoms with Crippen molar-refractivity contribution < 1.29 is 18.0 Å². The van der Waals surface area contributed by atoms with Gasteiger partial charge in [-0.25, -0.2) is 4.79 Å². The second-order valence-electron chi connectivity index (χ2n) is 6.41. The van der Waals surface area contributed by atoms with E-state index in [4.69, 9.17) is 0 Å². The maximum Gasteiger partial charge on any atom is 0.416 e. The molecule has 0 unspecified atom stereocenters. The number of rotatable bonds is 5. The number of fused-ring (bicyclic) bond motifs is 1. The first-order valence-corrected chi connectivity index (χ1v) is 8.87. The fourth-order valence-electron chi connectivity index (χ4n) is 3.06. The van der Waals surface area contributed by atoms with Crippen LogP contribution >= 0.6 is 0 Å². The molecular weight excluding hydrogens is 387 g/mol. The van der Waals surface area contributed by atoms with Gasteiger partial charge in [-0.3, -0.25) is 18.7 Å². The van der Waals surface area contributed by atoms with Crippen LogP contribution in [0.15, 0.2) is 58.1 Å². The number of halogens is 3. The fourth-order valence-corrected chi connectivity index (χ4v) is 3.06. The van der Waals surface area contributed by atoms with E-state index in [1.807, 2.05) is 0 Å². The number of benzene rings is 2. The topological polar surface area (TPSA) is 73.1 Å². The van der Waals surface area contributed by atoms with E-state index in [2.05, 4.69) is 5.32 Å². The summed E-state index contributed by atoms with van der Waals surface area (Å²) in [5.41, 5.74) is -1.26. The zero-order valence-corrected chi connectivity index (χ0v) is 15.5. The van der Waals surface area contributed by atoms with Gasteiger partial charge in [0.05, 0.1) is 16.5 Å². The molecule has 0 aliphatic heterocycles. The second kappa shape index (κ2) is 7.94. The number of nitrogens with one attached hydrogen (secondary N) is 1. The van der Waals surface area contributed by atoms with Gasteiger partial charge in [0.2, 0.25) is 5.91 Å². The molecule has 0 radical (unpaired) electrons. The van der Waals surface area contributed by atoms with Crippen molar-refractivity contribution in [3.05, 3.63) is 80.5 Å². The Labute approximate surface area is 163 Å². The van der Waals surface area contributed by atoms with Gasteiger partial charge in [0.15, 0.2) is 0 Å². The first-order valence-electron chi connectivity index (χ1n) is 8.87. The number of alkyl halides is 3. The highest BCUT2D eigenvalue weighted by Gasteiger charge is 2.30. The normalized spacial score (nSPS) is 11.6. The summed E-state index contributed by atoms with van der Waals surface area (Å²) in [6.45, 7) is 1.31. The summed E-state index contributed by atoms with van der Waals surface area (Å²) < 4.78 is 40.6. The molecule has 0 bridgehead atoms. The SMILES string of the molecule is CCn1c(=O)c2ccccc2n(CC(=O)NCc2cccc(C(F)(F)F)c2)c1=O. The third-order valence-corrected chi connectivity index (χ3v) is 4.49. The van der Waals surface area contributed by atoms with E-state index in [0.29, 0.717) is 10.9 Å². The van der Waals surface area contributed by atoms with E-state index in [0.717, 1.165) is 16.7 Å². The summed E-state index contributed by atoms with van der Waals surface area (Å²) in [4.78, 5) is 37.4. The van der Waals surface area contributed by atoms with Crippen LogP contribution in [-0.4, -0.2) is 15.0 Å². The van der Waals surface area contributed by atoms with Gasteiger partial charge < -0.3 is 5.32 Å². The van der Waals surface area contributed by atoms with Gasteiger partial charge in [-0.2, -0.15) is 13.2 Å². The smallest absolute Gasteiger partial charge is 0.350 e. The highest BCUT2D eigenvalue weighted by molar-refractivity contribution is 5.81. The molecule has 0 atom stereocenters. The number of para-hydroxylation sites is 1. The number of hydrogen-bond acceptors (Lipinski definition) is 3. The molecule has 2 aromatic carbocycles. The Kier molecular flexibility index (Phi) is 5.58. The number of carbonyl (C=O) groups excluding carboxylic acids is 1. The molecule has 6 nitrogen and oxygen atoms in total. The van der Waals surface area contributed by atoms with Crippen LogP contribution in [0.4, 0.5) is 13.2 Å². The maximum atomic E-state index is 12.8. The monoisotopic (exact) mass is 405 g/mol. The van der Waals surface area contributed by atoms with Gasteiger partial charge in [-0.05, 0) is 36.8 Å². The Morgan fingerprint density at radius 3 is 2.45 bits per heavy atom. The van der Waals surface area contributed by atoms with Crippen LogP contribution in [0.3, 0.4) is 0 Å². The summed E-state index contributed by atoms with van der Waals surface area (Å²) >= 11 is 0. The summed E-state index contributed by atoms with van der Waals surface area (Å²) in [5, 5.41) is 2.82. The predicted octanol–water partition coefficient (Wildman–Crippen LogP) is 2.52. The second-order valence-corrected chi connectivity index (χ2v) is 6.41. The minimum Gasteiger partial charge on any atom is -0.350 e. The molecule has 0 spiro atoms. The lowest BCUT2D eigenvalue weighted by Crippen LogP contribution is -2.42. The first kappa shape index (κ1) is 20.4. The molecule has 1 aromatic heterocycles. The van der Waals surface area contributed by atoms with Gasteiger partial charge in [-0.1, -0.05) is 24.3 Å². The molecule has 3 aromatic rings. The van der Waals surface area contributed by atoms with Crippen molar-refractivity contribution in [1.29, 1.82) is 0 Å². The number of aromatic nitrogens is 2. The molecule has 0 aliphatic carbocycles. The zero-order valence-electron chi connectivity index (χ0n) is 15.5. The quantitative estimate of drug-likeness (QED) is 0.709. The summed E-state index contributed by atoms with van der Waals surface area (Å²) in [7, 11) is 0. The molecule has 9 heteroatoms. The number of hydrogen-bond donors (Lipinski definition) is 1. The molecule has 1 heterocycles. The van der Waals surface area contributed by atoms with Crippen LogP contribution in [0.25, 0.3) is 10.9 Å². The minimum absolute atomic E-state index is 0.122. The van der Waals surface area contributed by atoms with Crippen LogP contribution in [0.1, 0.15) is 18.1 Å².